The number of allylic oxidation sites excluding steroid dienone is 1. The minimum Gasteiger partial charge on any atom is -0.497 e. The summed E-state index contributed by atoms with van der Waals surface area (Å²) in [4.78, 5) is 31.4. The van der Waals surface area contributed by atoms with Crippen molar-refractivity contribution in [3.63, 3.8) is 0 Å². The van der Waals surface area contributed by atoms with Gasteiger partial charge in [0.05, 0.1) is 43.5 Å². The van der Waals surface area contributed by atoms with Crippen LogP contribution in [0.3, 0.4) is 0 Å². The highest BCUT2D eigenvalue weighted by molar-refractivity contribution is 6.72. The number of rotatable bonds is 5. The first-order valence-electron chi connectivity index (χ1n) is 13.3. The lowest BCUT2D eigenvalue weighted by Crippen LogP contribution is -2.52. The zero-order valence-electron chi connectivity index (χ0n) is 22.9. The number of methoxy groups -OCH3 is 1. The molecule has 5 atom stereocenters. The molecule has 1 aromatic rings. The van der Waals surface area contributed by atoms with Gasteiger partial charge in [0.25, 0.3) is 5.91 Å². The van der Waals surface area contributed by atoms with Crippen molar-refractivity contribution >= 4 is 31.5 Å². The number of fused-ring (bicyclic) bond motifs is 1. The molecule has 7 nitrogen and oxygen atoms in total. The number of hydrogen-bond donors (Lipinski definition) is 1. The molecule has 0 aromatic heterocycles. The fourth-order valence-electron chi connectivity index (χ4n) is 7.55. The Morgan fingerprint density at radius 3 is 2.65 bits per heavy atom. The van der Waals surface area contributed by atoms with Crippen LogP contribution in [-0.4, -0.2) is 68.2 Å². The number of hydrogen-bond acceptors (Lipinski definition) is 5. The SMILES string of the molecule is COc1cc2c3c(c1)[C@@]1(O[C@H](CC(=O)N4CCC[C@H]4CO)[C@@H]([Si](C)(C)F)[C@@H]1C)C(=O)N3C(C)(C)C=C2C. The van der Waals surface area contributed by atoms with Crippen LogP contribution in [0.2, 0.25) is 18.6 Å². The first-order chi connectivity index (χ1) is 17.3. The van der Waals surface area contributed by atoms with E-state index >= 15 is 4.11 Å². The van der Waals surface area contributed by atoms with Gasteiger partial charge in [0.2, 0.25) is 14.3 Å². The summed E-state index contributed by atoms with van der Waals surface area (Å²) in [6, 6.07) is 3.58. The van der Waals surface area contributed by atoms with E-state index < -0.39 is 37.1 Å². The molecule has 37 heavy (non-hydrogen) atoms. The minimum absolute atomic E-state index is 0.00623. The van der Waals surface area contributed by atoms with Crippen LogP contribution < -0.4 is 9.64 Å². The number of anilines is 1. The second-order valence-corrected chi connectivity index (χ2v) is 16.0. The van der Waals surface area contributed by atoms with Crippen LogP contribution in [0.5, 0.6) is 5.75 Å². The predicted octanol–water partition coefficient (Wildman–Crippen LogP) is 4.39. The van der Waals surface area contributed by atoms with Crippen molar-refractivity contribution < 1.29 is 28.3 Å². The molecule has 202 valence electrons. The second-order valence-electron chi connectivity index (χ2n) is 12.2. The third-order valence-corrected chi connectivity index (χ3v) is 11.5. The van der Waals surface area contributed by atoms with Crippen LogP contribution in [0.15, 0.2) is 18.2 Å². The largest absolute Gasteiger partial charge is 0.497 e. The molecule has 5 rings (SSSR count). The van der Waals surface area contributed by atoms with Gasteiger partial charge in [-0.2, -0.15) is 0 Å². The molecule has 0 bridgehead atoms. The molecule has 0 saturated carbocycles. The van der Waals surface area contributed by atoms with E-state index in [-0.39, 0.29) is 30.9 Å². The first-order valence-corrected chi connectivity index (χ1v) is 16.3. The zero-order valence-corrected chi connectivity index (χ0v) is 23.9. The summed E-state index contributed by atoms with van der Waals surface area (Å²) in [6.07, 6.45) is 2.92. The molecule has 9 heteroatoms. The van der Waals surface area contributed by atoms with Crippen LogP contribution in [0.25, 0.3) is 5.57 Å². The number of benzene rings is 1. The highest BCUT2D eigenvalue weighted by Crippen LogP contribution is 2.63. The molecule has 4 aliphatic heterocycles. The van der Waals surface area contributed by atoms with E-state index in [0.717, 1.165) is 29.7 Å². The van der Waals surface area contributed by atoms with Gasteiger partial charge in [0.1, 0.15) is 5.75 Å². The van der Waals surface area contributed by atoms with Crippen molar-refractivity contribution in [1.29, 1.82) is 0 Å². The van der Waals surface area contributed by atoms with Gasteiger partial charge in [-0.05, 0) is 64.4 Å². The van der Waals surface area contributed by atoms with Gasteiger partial charge in [-0.25, -0.2) is 0 Å². The number of carbonyl (C=O) groups is 2. The molecule has 2 saturated heterocycles. The quantitative estimate of drug-likeness (QED) is 0.451. The molecule has 0 radical (unpaired) electrons. The summed E-state index contributed by atoms with van der Waals surface area (Å²) >= 11 is 0. The van der Waals surface area contributed by atoms with Crippen molar-refractivity contribution in [2.24, 2.45) is 5.92 Å². The lowest BCUT2D eigenvalue weighted by Gasteiger charge is -2.39. The topological polar surface area (TPSA) is 79.3 Å². The van der Waals surface area contributed by atoms with E-state index in [1.165, 1.54) is 0 Å². The molecule has 1 spiro atoms. The maximum atomic E-state index is 16.1. The van der Waals surface area contributed by atoms with E-state index in [9.17, 15) is 14.7 Å². The Balaban J connectivity index is 1.63. The molecule has 4 heterocycles. The third kappa shape index (κ3) is 3.72. The smallest absolute Gasteiger partial charge is 0.265 e. The van der Waals surface area contributed by atoms with Crippen molar-refractivity contribution in [1.82, 2.24) is 4.90 Å². The normalized spacial score (nSPS) is 32.2. The molecule has 0 aliphatic carbocycles. The number of aliphatic hydroxyl groups is 1. The summed E-state index contributed by atoms with van der Waals surface area (Å²) in [5.41, 5.74) is 0.891. The summed E-state index contributed by atoms with van der Waals surface area (Å²) in [6.45, 7) is 11.7. The fraction of sp³-hybridized carbons (Fsp3) is 0.643. The predicted molar refractivity (Wildman–Crippen MR) is 143 cm³/mol. The fourth-order valence-corrected chi connectivity index (χ4v) is 10.0. The van der Waals surface area contributed by atoms with Gasteiger partial charge in [0, 0.05) is 29.1 Å². The molecular formula is C28H39FN2O5Si. The molecular weight excluding hydrogens is 491 g/mol. The average molecular weight is 531 g/mol. The Bertz CT molecular complexity index is 1180. The molecule has 2 fully saturated rings. The molecule has 1 aromatic carbocycles. The van der Waals surface area contributed by atoms with Crippen LogP contribution >= 0.6 is 0 Å². The maximum absolute atomic E-state index is 16.1. The van der Waals surface area contributed by atoms with E-state index in [0.29, 0.717) is 17.9 Å². The Hall–Kier alpha value is -2.23. The number of halogens is 1. The van der Waals surface area contributed by atoms with Crippen molar-refractivity contribution in [3.8, 4) is 5.75 Å². The van der Waals surface area contributed by atoms with Crippen LogP contribution in [0, 0.1) is 5.92 Å². The number of nitrogens with zero attached hydrogens (tertiary/aromatic N) is 2. The van der Waals surface area contributed by atoms with Gasteiger partial charge in [-0.15, -0.1) is 0 Å². The van der Waals surface area contributed by atoms with Gasteiger partial charge < -0.3 is 23.6 Å². The summed E-state index contributed by atoms with van der Waals surface area (Å²) < 4.78 is 28.5. The number of aliphatic hydroxyl groups excluding tert-OH is 1. The van der Waals surface area contributed by atoms with Crippen molar-refractivity contribution in [2.45, 2.75) is 88.9 Å². The third-order valence-electron chi connectivity index (χ3n) is 9.03. The number of carbonyl (C=O) groups excluding carboxylic acids is 2. The van der Waals surface area contributed by atoms with Crippen LogP contribution in [0.1, 0.15) is 58.1 Å². The van der Waals surface area contributed by atoms with Crippen molar-refractivity contribution in [2.75, 3.05) is 25.2 Å². The first kappa shape index (κ1) is 26.4. The monoisotopic (exact) mass is 530 g/mol. The minimum atomic E-state index is -3.39. The van der Waals surface area contributed by atoms with Gasteiger partial charge >= 0.3 is 0 Å². The van der Waals surface area contributed by atoms with Gasteiger partial charge in [-0.1, -0.05) is 13.0 Å². The van der Waals surface area contributed by atoms with Crippen LogP contribution in [-0.2, 0) is 19.9 Å². The Kier molecular flexibility index (Phi) is 6.16. The number of likely N-dealkylation sites (tertiary alicyclic amines) is 1. The lowest BCUT2D eigenvalue weighted by molar-refractivity contribution is -0.150. The average Bonchev–Trinajstić information content (AvgIpc) is 3.46. The Morgan fingerprint density at radius 2 is 2.03 bits per heavy atom. The maximum Gasteiger partial charge on any atom is 0.265 e. The van der Waals surface area contributed by atoms with Gasteiger partial charge in [0.15, 0.2) is 5.60 Å². The lowest BCUT2D eigenvalue weighted by atomic mass is 9.81. The molecule has 0 unspecified atom stereocenters. The summed E-state index contributed by atoms with van der Waals surface area (Å²) in [5, 5.41) is 9.74. The molecule has 2 amide bonds. The van der Waals surface area contributed by atoms with Crippen molar-refractivity contribution in [3.05, 3.63) is 29.3 Å². The highest BCUT2D eigenvalue weighted by atomic mass is 28.4. The number of ether oxygens (including phenoxy) is 2. The second kappa shape index (κ2) is 8.64. The number of amides is 2. The highest BCUT2D eigenvalue weighted by Gasteiger charge is 2.69. The van der Waals surface area contributed by atoms with E-state index in [1.807, 2.05) is 39.8 Å². The van der Waals surface area contributed by atoms with Gasteiger partial charge in [-0.3, -0.25) is 14.5 Å². The van der Waals surface area contributed by atoms with E-state index in [4.69, 9.17) is 9.47 Å². The zero-order chi connectivity index (χ0) is 27.1. The molecule has 1 N–H and O–H groups in total. The van der Waals surface area contributed by atoms with E-state index in [1.54, 1.807) is 30.0 Å². The van der Waals surface area contributed by atoms with Crippen LogP contribution in [0.4, 0.5) is 9.80 Å². The summed E-state index contributed by atoms with van der Waals surface area (Å²) in [7, 11) is -1.79. The Morgan fingerprint density at radius 1 is 1.32 bits per heavy atom. The van der Waals surface area contributed by atoms with E-state index in [2.05, 4.69) is 6.08 Å². The standard InChI is InChI=1S/C28H39FN2O5Si/c1-16-14-27(3,4)31-24-20(16)11-19(35-5)12-21(24)28(26(31)34)17(2)25(37(6,7)29)22(36-28)13-23(33)30-10-8-9-18(30)15-32/h11-12,14,17-18,22,25,32H,8-10,13,15H2,1-7H3/t17-,18-,22+,25-,28+/m0/s1. The summed E-state index contributed by atoms with van der Waals surface area (Å²) in [5.74, 6) is -0.216. The Labute approximate surface area is 219 Å². The molecule has 4 aliphatic rings.